The van der Waals surface area contributed by atoms with Crippen LogP contribution in [0, 0.1) is 0 Å². The van der Waals surface area contributed by atoms with Crippen LogP contribution < -0.4 is 9.46 Å². The Balaban J connectivity index is 1.72. The van der Waals surface area contributed by atoms with Gasteiger partial charge in [-0.15, -0.1) is 0 Å². The van der Waals surface area contributed by atoms with Crippen LogP contribution in [0.25, 0.3) is 11.3 Å². The lowest BCUT2D eigenvalue weighted by molar-refractivity contribution is 0.340. The standard InChI is InChI=1S/C19H19N3O3S/c1-2-25-17-5-7-18(8-6-17)26(23,24)22-13-15-9-11-21-19(12-15)16-4-3-10-20-14-16/h3-12,14,22H,2,13H2,1H3. The molecule has 0 atom stereocenters. The van der Waals surface area contributed by atoms with Gasteiger partial charge in [0.1, 0.15) is 5.75 Å². The largest absolute Gasteiger partial charge is 0.494 e. The predicted molar refractivity (Wildman–Crippen MR) is 99.1 cm³/mol. The van der Waals surface area contributed by atoms with Crippen LogP contribution in [0.15, 0.2) is 72.0 Å². The van der Waals surface area contributed by atoms with Gasteiger partial charge in [-0.1, -0.05) is 0 Å². The Morgan fingerprint density at radius 1 is 1.08 bits per heavy atom. The molecule has 0 spiro atoms. The molecular weight excluding hydrogens is 350 g/mol. The number of hydrogen-bond donors (Lipinski definition) is 1. The van der Waals surface area contributed by atoms with Crippen molar-refractivity contribution in [3.8, 4) is 17.0 Å². The summed E-state index contributed by atoms with van der Waals surface area (Å²) in [6.45, 7) is 2.58. The highest BCUT2D eigenvalue weighted by Crippen LogP contribution is 2.18. The van der Waals surface area contributed by atoms with E-state index in [-0.39, 0.29) is 11.4 Å². The molecule has 134 valence electrons. The Labute approximate surface area is 153 Å². The van der Waals surface area contributed by atoms with E-state index in [9.17, 15) is 8.42 Å². The van der Waals surface area contributed by atoms with Crippen molar-refractivity contribution in [1.82, 2.24) is 14.7 Å². The smallest absolute Gasteiger partial charge is 0.240 e. The summed E-state index contributed by atoms with van der Waals surface area (Å²) in [7, 11) is -3.61. The molecule has 0 saturated heterocycles. The number of sulfonamides is 1. The average molecular weight is 369 g/mol. The van der Waals surface area contributed by atoms with Crippen molar-refractivity contribution >= 4 is 10.0 Å². The fourth-order valence-corrected chi connectivity index (χ4v) is 3.42. The van der Waals surface area contributed by atoms with Gasteiger partial charge in [0.25, 0.3) is 0 Å². The van der Waals surface area contributed by atoms with Gasteiger partial charge in [-0.3, -0.25) is 9.97 Å². The van der Waals surface area contributed by atoms with E-state index in [1.807, 2.05) is 25.1 Å². The fraction of sp³-hybridized carbons (Fsp3) is 0.158. The highest BCUT2D eigenvalue weighted by molar-refractivity contribution is 7.89. The quantitative estimate of drug-likeness (QED) is 0.692. The molecule has 0 aliphatic carbocycles. The Kier molecular flexibility index (Phi) is 5.60. The van der Waals surface area contributed by atoms with Gasteiger partial charge in [0, 0.05) is 30.7 Å². The van der Waals surface area contributed by atoms with Gasteiger partial charge in [0.05, 0.1) is 17.2 Å². The second kappa shape index (κ2) is 8.07. The third kappa shape index (κ3) is 4.44. The fourth-order valence-electron chi connectivity index (χ4n) is 2.40. The monoisotopic (exact) mass is 369 g/mol. The summed E-state index contributed by atoms with van der Waals surface area (Å²) in [6, 6.07) is 13.7. The number of benzene rings is 1. The first-order chi connectivity index (χ1) is 12.6. The van der Waals surface area contributed by atoms with Crippen LogP contribution in [0.1, 0.15) is 12.5 Å². The molecule has 2 heterocycles. The van der Waals surface area contributed by atoms with E-state index in [4.69, 9.17) is 4.74 Å². The highest BCUT2D eigenvalue weighted by Gasteiger charge is 2.14. The van der Waals surface area contributed by atoms with Crippen LogP contribution in [-0.2, 0) is 16.6 Å². The maximum atomic E-state index is 12.5. The Morgan fingerprint density at radius 3 is 2.58 bits per heavy atom. The minimum atomic E-state index is -3.61. The summed E-state index contributed by atoms with van der Waals surface area (Å²) >= 11 is 0. The SMILES string of the molecule is CCOc1ccc(S(=O)(=O)NCc2ccnc(-c3cccnc3)c2)cc1. The van der Waals surface area contributed by atoms with E-state index in [1.165, 1.54) is 12.1 Å². The predicted octanol–water partition coefficient (Wildman–Crippen LogP) is 3.02. The maximum Gasteiger partial charge on any atom is 0.240 e. The Hall–Kier alpha value is -2.77. The molecule has 2 aromatic heterocycles. The number of pyridine rings is 2. The molecule has 0 bridgehead atoms. The topological polar surface area (TPSA) is 81.2 Å². The van der Waals surface area contributed by atoms with Gasteiger partial charge in [-0.05, 0) is 61.0 Å². The molecule has 0 fully saturated rings. The molecule has 0 unspecified atom stereocenters. The van der Waals surface area contributed by atoms with Crippen LogP contribution in [0.4, 0.5) is 0 Å². The maximum absolute atomic E-state index is 12.5. The van der Waals surface area contributed by atoms with Crippen molar-refractivity contribution in [2.75, 3.05) is 6.61 Å². The van der Waals surface area contributed by atoms with Crippen molar-refractivity contribution in [3.63, 3.8) is 0 Å². The number of aromatic nitrogens is 2. The third-order valence-electron chi connectivity index (χ3n) is 3.69. The van der Waals surface area contributed by atoms with Crippen LogP contribution >= 0.6 is 0 Å². The molecule has 0 amide bonds. The van der Waals surface area contributed by atoms with Gasteiger partial charge in [0.15, 0.2) is 0 Å². The summed E-state index contributed by atoms with van der Waals surface area (Å²) in [5.41, 5.74) is 2.44. The van der Waals surface area contributed by atoms with Crippen molar-refractivity contribution < 1.29 is 13.2 Å². The number of ether oxygens (including phenoxy) is 1. The molecule has 7 heteroatoms. The van der Waals surface area contributed by atoms with Crippen molar-refractivity contribution in [3.05, 3.63) is 72.7 Å². The minimum absolute atomic E-state index is 0.172. The Morgan fingerprint density at radius 2 is 1.88 bits per heavy atom. The molecule has 3 rings (SSSR count). The van der Waals surface area contributed by atoms with Crippen LogP contribution in [-0.4, -0.2) is 25.0 Å². The molecule has 0 aliphatic rings. The third-order valence-corrected chi connectivity index (χ3v) is 5.11. The van der Waals surface area contributed by atoms with Crippen molar-refractivity contribution in [2.24, 2.45) is 0 Å². The molecule has 1 aromatic carbocycles. The van der Waals surface area contributed by atoms with E-state index < -0.39 is 10.0 Å². The molecule has 26 heavy (non-hydrogen) atoms. The molecule has 3 aromatic rings. The van der Waals surface area contributed by atoms with Gasteiger partial charge in [-0.25, -0.2) is 13.1 Å². The highest BCUT2D eigenvalue weighted by atomic mass is 32.2. The van der Waals surface area contributed by atoms with Crippen molar-refractivity contribution in [1.29, 1.82) is 0 Å². The first-order valence-corrected chi connectivity index (χ1v) is 9.64. The molecule has 0 aliphatic heterocycles. The van der Waals surface area contributed by atoms with E-state index in [1.54, 1.807) is 36.8 Å². The van der Waals surface area contributed by atoms with Gasteiger partial charge in [-0.2, -0.15) is 0 Å². The molecule has 6 nitrogen and oxygen atoms in total. The zero-order valence-corrected chi connectivity index (χ0v) is 15.1. The van der Waals surface area contributed by atoms with E-state index >= 15 is 0 Å². The number of rotatable bonds is 7. The molecule has 0 saturated carbocycles. The van der Waals surface area contributed by atoms with Gasteiger partial charge < -0.3 is 4.74 Å². The van der Waals surface area contributed by atoms with E-state index in [0.717, 1.165) is 16.8 Å². The normalized spacial score (nSPS) is 11.3. The van der Waals surface area contributed by atoms with Crippen LogP contribution in [0.5, 0.6) is 5.75 Å². The van der Waals surface area contributed by atoms with E-state index in [2.05, 4.69) is 14.7 Å². The summed E-state index contributed by atoms with van der Waals surface area (Å²) in [5, 5.41) is 0. The number of hydrogen-bond acceptors (Lipinski definition) is 5. The summed E-state index contributed by atoms with van der Waals surface area (Å²) in [5.74, 6) is 0.640. The van der Waals surface area contributed by atoms with E-state index in [0.29, 0.717) is 12.4 Å². The number of nitrogens with zero attached hydrogens (tertiary/aromatic N) is 2. The first-order valence-electron chi connectivity index (χ1n) is 8.16. The zero-order chi connectivity index (χ0) is 18.4. The Bertz CT molecular complexity index is 959. The number of nitrogens with one attached hydrogen (secondary N) is 1. The average Bonchev–Trinajstić information content (AvgIpc) is 2.68. The lowest BCUT2D eigenvalue weighted by atomic mass is 10.1. The molecular formula is C19H19N3O3S. The minimum Gasteiger partial charge on any atom is -0.494 e. The van der Waals surface area contributed by atoms with Gasteiger partial charge in [0.2, 0.25) is 10.0 Å². The molecule has 1 N–H and O–H groups in total. The van der Waals surface area contributed by atoms with Gasteiger partial charge >= 0.3 is 0 Å². The lowest BCUT2D eigenvalue weighted by Crippen LogP contribution is -2.23. The summed E-state index contributed by atoms with van der Waals surface area (Å²) in [6.07, 6.45) is 5.07. The van der Waals surface area contributed by atoms with Crippen molar-refractivity contribution in [2.45, 2.75) is 18.4 Å². The first kappa shape index (κ1) is 18.0. The summed E-state index contributed by atoms with van der Waals surface area (Å²) in [4.78, 5) is 8.58. The second-order valence-electron chi connectivity index (χ2n) is 5.52. The zero-order valence-electron chi connectivity index (χ0n) is 14.3. The summed E-state index contributed by atoms with van der Waals surface area (Å²) < 4.78 is 32.8. The molecule has 0 radical (unpaired) electrons. The van der Waals surface area contributed by atoms with Crippen LogP contribution in [0.3, 0.4) is 0 Å². The second-order valence-corrected chi connectivity index (χ2v) is 7.29. The van der Waals surface area contributed by atoms with Crippen LogP contribution in [0.2, 0.25) is 0 Å². The lowest BCUT2D eigenvalue weighted by Gasteiger charge is -2.09.